The minimum Gasteiger partial charge on any atom is -0.331 e. The number of benzene rings is 2. The summed E-state index contributed by atoms with van der Waals surface area (Å²) in [6, 6.07) is 13.7. The van der Waals surface area contributed by atoms with Crippen LogP contribution in [0.1, 0.15) is 41.4 Å². The molecule has 1 heterocycles. The van der Waals surface area contributed by atoms with Crippen molar-refractivity contribution >= 4 is 46.4 Å². The van der Waals surface area contributed by atoms with Crippen LogP contribution >= 0.6 is 12.2 Å². The summed E-state index contributed by atoms with van der Waals surface area (Å²) in [6.45, 7) is 4.28. The molecule has 2 N–H and O–H groups in total. The highest BCUT2D eigenvalue weighted by molar-refractivity contribution is 7.80. The second kappa shape index (κ2) is 8.09. The number of fused-ring (bicyclic) bond motifs is 1. The van der Waals surface area contributed by atoms with Crippen molar-refractivity contribution in [3.8, 4) is 0 Å². The predicted molar refractivity (Wildman–Crippen MR) is 114 cm³/mol. The average molecular weight is 379 g/mol. The summed E-state index contributed by atoms with van der Waals surface area (Å²) < 4.78 is 1.68. The zero-order chi connectivity index (χ0) is 19.4. The summed E-state index contributed by atoms with van der Waals surface area (Å²) in [4.78, 5) is 11.0. The molecule has 0 spiro atoms. The number of aryl methyl sites for hydroxylation is 1. The third-order valence-electron chi connectivity index (χ3n) is 4.23. The van der Waals surface area contributed by atoms with Gasteiger partial charge < -0.3 is 5.32 Å². The fourth-order valence-corrected chi connectivity index (χ4v) is 3.06. The van der Waals surface area contributed by atoms with E-state index < -0.39 is 0 Å². The summed E-state index contributed by atoms with van der Waals surface area (Å²) in [6.07, 6.45) is 2.44. The monoisotopic (exact) mass is 379 g/mol. The van der Waals surface area contributed by atoms with Gasteiger partial charge in [0.05, 0.1) is 11.7 Å². The molecule has 0 aliphatic heterocycles. The topological polar surface area (TPSA) is 71.3 Å². The van der Waals surface area contributed by atoms with Crippen LogP contribution in [-0.4, -0.2) is 27.4 Å². The Morgan fingerprint density at radius 3 is 2.78 bits per heavy atom. The molecule has 0 unspecified atom stereocenters. The van der Waals surface area contributed by atoms with E-state index in [1.807, 2.05) is 36.4 Å². The molecule has 0 atom stereocenters. The van der Waals surface area contributed by atoms with Crippen molar-refractivity contribution in [2.75, 3.05) is 5.32 Å². The van der Waals surface area contributed by atoms with E-state index in [0.29, 0.717) is 16.7 Å². The van der Waals surface area contributed by atoms with E-state index in [2.05, 4.69) is 40.9 Å². The van der Waals surface area contributed by atoms with E-state index in [-0.39, 0.29) is 0 Å². The van der Waals surface area contributed by atoms with E-state index in [1.54, 1.807) is 17.9 Å². The summed E-state index contributed by atoms with van der Waals surface area (Å²) >= 11 is 5.33. The molecule has 1 aromatic heterocycles. The van der Waals surface area contributed by atoms with Crippen LogP contribution in [0.2, 0.25) is 0 Å². The molecule has 0 aliphatic rings. The number of aldehydes is 1. The van der Waals surface area contributed by atoms with Gasteiger partial charge in [0.1, 0.15) is 5.69 Å². The zero-order valence-corrected chi connectivity index (χ0v) is 16.2. The molecular formula is C20H21N5OS. The SMILES string of the molecule is CC(C)c1ccccc1NC(=S)N/N=C/c1ccc2c(C=O)nn(C)c2c1. The minimum absolute atomic E-state index is 0.391. The highest BCUT2D eigenvalue weighted by Crippen LogP contribution is 2.23. The predicted octanol–water partition coefficient (Wildman–Crippen LogP) is 3.83. The van der Waals surface area contributed by atoms with Crippen molar-refractivity contribution < 1.29 is 4.79 Å². The lowest BCUT2D eigenvalue weighted by Gasteiger charge is -2.14. The smallest absolute Gasteiger partial charge is 0.191 e. The molecule has 0 saturated heterocycles. The average Bonchev–Trinajstić information content (AvgIpc) is 2.97. The van der Waals surface area contributed by atoms with Crippen LogP contribution in [0.4, 0.5) is 5.69 Å². The Morgan fingerprint density at radius 1 is 1.26 bits per heavy atom. The third kappa shape index (κ3) is 4.20. The molecule has 7 heteroatoms. The summed E-state index contributed by atoms with van der Waals surface area (Å²) in [5, 5.41) is 12.8. The molecule has 0 aliphatic carbocycles. The third-order valence-corrected chi connectivity index (χ3v) is 4.42. The first kappa shape index (κ1) is 18.7. The van der Waals surface area contributed by atoms with Crippen molar-refractivity contribution in [2.24, 2.45) is 12.1 Å². The second-order valence-corrected chi connectivity index (χ2v) is 6.88. The molecule has 0 fully saturated rings. The van der Waals surface area contributed by atoms with Crippen LogP contribution in [0, 0.1) is 0 Å². The number of carbonyl (C=O) groups is 1. The van der Waals surface area contributed by atoms with Gasteiger partial charge in [0, 0.05) is 18.1 Å². The van der Waals surface area contributed by atoms with Gasteiger partial charge in [-0.05, 0) is 47.5 Å². The van der Waals surface area contributed by atoms with Gasteiger partial charge in [-0.3, -0.25) is 14.9 Å². The van der Waals surface area contributed by atoms with Crippen molar-refractivity contribution in [3.05, 3.63) is 59.3 Å². The van der Waals surface area contributed by atoms with E-state index in [9.17, 15) is 4.79 Å². The quantitative estimate of drug-likeness (QED) is 0.305. The van der Waals surface area contributed by atoms with Crippen molar-refractivity contribution in [1.29, 1.82) is 0 Å². The van der Waals surface area contributed by atoms with Crippen LogP contribution in [-0.2, 0) is 7.05 Å². The van der Waals surface area contributed by atoms with E-state index in [0.717, 1.165) is 28.4 Å². The molecule has 3 rings (SSSR count). The Labute approximate surface area is 163 Å². The first-order valence-corrected chi connectivity index (χ1v) is 9.01. The number of para-hydroxylation sites is 1. The maximum Gasteiger partial charge on any atom is 0.191 e. The lowest BCUT2D eigenvalue weighted by Crippen LogP contribution is -2.24. The van der Waals surface area contributed by atoms with Gasteiger partial charge in [0.25, 0.3) is 0 Å². The molecule has 0 saturated carbocycles. The number of nitrogens with zero attached hydrogens (tertiary/aromatic N) is 3. The van der Waals surface area contributed by atoms with Gasteiger partial charge in [-0.25, -0.2) is 0 Å². The molecule has 2 aromatic carbocycles. The number of carbonyl (C=O) groups excluding carboxylic acids is 1. The van der Waals surface area contributed by atoms with Gasteiger partial charge in [0.15, 0.2) is 11.4 Å². The van der Waals surface area contributed by atoms with Crippen LogP contribution in [0.15, 0.2) is 47.6 Å². The lowest BCUT2D eigenvalue weighted by atomic mass is 10.0. The Hall–Kier alpha value is -3.06. The van der Waals surface area contributed by atoms with Crippen molar-refractivity contribution in [1.82, 2.24) is 15.2 Å². The fourth-order valence-electron chi connectivity index (χ4n) is 2.90. The summed E-state index contributed by atoms with van der Waals surface area (Å²) in [7, 11) is 1.81. The molecule has 0 amide bonds. The molecule has 138 valence electrons. The van der Waals surface area contributed by atoms with Crippen molar-refractivity contribution in [3.63, 3.8) is 0 Å². The largest absolute Gasteiger partial charge is 0.331 e. The maximum absolute atomic E-state index is 11.0. The number of hydrogen-bond donors (Lipinski definition) is 2. The highest BCUT2D eigenvalue weighted by Gasteiger charge is 2.08. The maximum atomic E-state index is 11.0. The summed E-state index contributed by atoms with van der Waals surface area (Å²) in [5.74, 6) is 0.391. The first-order chi connectivity index (χ1) is 13.0. The van der Waals surface area contributed by atoms with Gasteiger partial charge in [-0.1, -0.05) is 38.1 Å². The number of hydrogen-bond acceptors (Lipinski definition) is 4. The fraction of sp³-hybridized carbons (Fsp3) is 0.200. The summed E-state index contributed by atoms with van der Waals surface area (Å²) in [5.41, 5.74) is 7.18. The van der Waals surface area contributed by atoms with Gasteiger partial charge >= 0.3 is 0 Å². The van der Waals surface area contributed by atoms with Gasteiger partial charge in [0.2, 0.25) is 0 Å². The molecule has 0 bridgehead atoms. The van der Waals surface area contributed by atoms with Gasteiger partial charge in [-0.15, -0.1) is 0 Å². The minimum atomic E-state index is 0.391. The number of thiocarbonyl (C=S) groups is 1. The highest BCUT2D eigenvalue weighted by atomic mass is 32.1. The van der Waals surface area contributed by atoms with Crippen LogP contribution < -0.4 is 10.7 Å². The van der Waals surface area contributed by atoms with E-state index in [4.69, 9.17) is 12.2 Å². The first-order valence-electron chi connectivity index (χ1n) is 8.60. The Morgan fingerprint density at radius 2 is 2.04 bits per heavy atom. The molecular weight excluding hydrogens is 358 g/mol. The van der Waals surface area contributed by atoms with E-state index >= 15 is 0 Å². The van der Waals surface area contributed by atoms with Crippen LogP contribution in [0.25, 0.3) is 10.9 Å². The lowest BCUT2D eigenvalue weighted by molar-refractivity contribution is 0.111. The molecule has 3 aromatic rings. The Balaban J connectivity index is 1.69. The number of nitrogens with one attached hydrogen (secondary N) is 2. The number of anilines is 1. The molecule has 6 nitrogen and oxygen atoms in total. The van der Waals surface area contributed by atoms with Gasteiger partial charge in [-0.2, -0.15) is 10.2 Å². The zero-order valence-electron chi connectivity index (χ0n) is 15.4. The Bertz CT molecular complexity index is 1020. The van der Waals surface area contributed by atoms with Crippen molar-refractivity contribution in [2.45, 2.75) is 19.8 Å². The standard InChI is InChI=1S/C20H21N5OS/c1-13(2)15-6-4-5-7-17(15)22-20(27)23-21-11-14-8-9-16-18(12-26)24-25(3)19(16)10-14/h4-13H,1-3H3,(H2,22,23,27)/b21-11+. The van der Waals surface area contributed by atoms with E-state index in [1.165, 1.54) is 5.56 Å². The molecule has 0 radical (unpaired) electrons. The number of aromatic nitrogens is 2. The number of rotatable bonds is 5. The normalized spacial score (nSPS) is 11.3. The second-order valence-electron chi connectivity index (χ2n) is 6.47. The number of hydrazone groups is 1. The molecule has 27 heavy (non-hydrogen) atoms. The van der Waals surface area contributed by atoms with Crippen LogP contribution in [0.3, 0.4) is 0 Å². The Kier molecular flexibility index (Phi) is 5.61. The van der Waals surface area contributed by atoms with Crippen LogP contribution in [0.5, 0.6) is 0 Å².